The molecule has 33 heavy (non-hydrogen) atoms. The lowest BCUT2D eigenvalue weighted by Crippen LogP contribution is -2.19. The Kier molecular flexibility index (Phi) is 7.04. The van der Waals surface area contributed by atoms with Crippen LogP contribution in [-0.4, -0.2) is 28.0 Å². The average Bonchev–Trinajstić information content (AvgIpc) is 3.24. The van der Waals surface area contributed by atoms with Crippen LogP contribution < -0.4 is 10.6 Å². The van der Waals surface area contributed by atoms with Crippen LogP contribution in [0.5, 0.6) is 0 Å². The van der Waals surface area contributed by atoms with E-state index in [4.69, 9.17) is 28.6 Å². The van der Waals surface area contributed by atoms with Crippen LogP contribution in [0.2, 0.25) is 5.02 Å². The minimum absolute atomic E-state index is 0.387. The lowest BCUT2D eigenvalue weighted by molar-refractivity contribution is 0.0606. The van der Waals surface area contributed by atoms with E-state index in [1.54, 1.807) is 0 Å². The van der Waals surface area contributed by atoms with E-state index in [1.807, 2.05) is 54.9 Å². The summed E-state index contributed by atoms with van der Waals surface area (Å²) in [6.07, 6.45) is 0. The molecule has 0 unspecified atom stereocenters. The molecule has 0 fully saturated rings. The monoisotopic (exact) mass is 562 g/mol. The van der Waals surface area contributed by atoms with Gasteiger partial charge in [0.1, 0.15) is 4.88 Å². The first-order valence-electron chi connectivity index (χ1n) is 9.93. The van der Waals surface area contributed by atoms with Gasteiger partial charge in [-0.05, 0) is 77.9 Å². The van der Waals surface area contributed by atoms with Crippen LogP contribution in [0.3, 0.4) is 0 Å². The van der Waals surface area contributed by atoms with Gasteiger partial charge in [0, 0.05) is 21.5 Å². The normalized spacial score (nSPS) is 10.9. The average molecular weight is 564 g/mol. The molecule has 0 spiro atoms. The van der Waals surface area contributed by atoms with E-state index in [2.05, 4.69) is 37.7 Å². The first-order valence-corrected chi connectivity index (χ1v) is 12.3. The summed E-state index contributed by atoms with van der Waals surface area (Å²) in [6.45, 7) is 4.68. The number of benzene rings is 2. The number of nitrogens with one attached hydrogen (secondary N) is 2. The van der Waals surface area contributed by atoms with E-state index in [0.717, 1.165) is 42.9 Å². The summed E-state index contributed by atoms with van der Waals surface area (Å²) in [5.41, 5.74) is 4.82. The molecule has 4 rings (SSSR count). The number of thiophene rings is 1. The molecule has 0 saturated carbocycles. The van der Waals surface area contributed by atoms with Gasteiger partial charge < -0.3 is 15.4 Å². The van der Waals surface area contributed by atoms with Gasteiger partial charge in [-0.15, -0.1) is 11.3 Å². The van der Waals surface area contributed by atoms with Crippen LogP contribution in [0.1, 0.15) is 26.6 Å². The van der Waals surface area contributed by atoms with Crippen LogP contribution in [0.15, 0.2) is 46.9 Å². The smallest absolute Gasteiger partial charge is 0.349 e. The lowest BCUT2D eigenvalue weighted by atomic mass is 10.2. The number of hydrogen-bond acceptors (Lipinski definition) is 5. The summed E-state index contributed by atoms with van der Waals surface area (Å²) >= 11 is 16.7. The standard InChI is InChI=1S/C23H20BrClN4O2S2/c1-12-19(24)13(2)29(28-12)11-14-5-4-6-15(9-14)26-23(32)27-16-7-8-17-18(10-16)33-21(20(17)25)22(30)31-3/h4-10H,11H2,1-3H3,(H2,26,27,32). The third-order valence-corrected chi connectivity index (χ3v) is 8.06. The Morgan fingerprint density at radius 3 is 2.61 bits per heavy atom. The first kappa shape index (κ1) is 23.7. The van der Waals surface area contributed by atoms with E-state index in [9.17, 15) is 4.79 Å². The predicted molar refractivity (Wildman–Crippen MR) is 143 cm³/mol. The van der Waals surface area contributed by atoms with Crippen molar-refractivity contribution in [3.05, 3.63) is 73.8 Å². The Labute approximate surface area is 214 Å². The second kappa shape index (κ2) is 9.80. The maximum absolute atomic E-state index is 11.9. The van der Waals surface area contributed by atoms with Crippen molar-refractivity contribution in [2.45, 2.75) is 20.4 Å². The topological polar surface area (TPSA) is 68.2 Å². The van der Waals surface area contributed by atoms with Crippen molar-refractivity contribution in [3.8, 4) is 0 Å². The number of carbonyl (C=O) groups is 1. The molecule has 2 heterocycles. The zero-order chi connectivity index (χ0) is 23.7. The fourth-order valence-corrected chi connectivity index (χ4v) is 5.40. The summed E-state index contributed by atoms with van der Waals surface area (Å²) in [4.78, 5) is 12.3. The quantitative estimate of drug-likeness (QED) is 0.206. The molecule has 170 valence electrons. The number of carbonyl (C=O) groups excluding carboxylic acids is 1. The fraction of sp³-hybridized carbons (Fsp3) is 0.174. The number of nitrogens with zero attached hydrogens (tertiary/aromatic N) is 2. The van der Waals surface area contributed by atoms with Crippen molar-refractivity contribution in [1.82, 2.24) is 9.78 Å². The summed E-state index contributed by atoms with van der Waals surface area (Å²) in [6, 6.07) is 13.7. The fourth-order valence-electron chi connectivity index (χ4n) is 3.41. The molecule has 0 amide bonds. The minimum atomic E-state index is -0.444. The predicted octanol–water partition coefficient (Wildman–Crippen LogP) is 6.77. The number of methoxy groups -OCH3 is 1. The van der Waals surface area contributed by atoms with Gasteiger partial charge in [-0.25, -0.2) is 4.79 Å². The molecule has 10 heteroatoms. The number of anilines is 2. The summed E-state index contributed by atoms with van der Waals surface area (Å²) < 4.78 is 8.67. The molecule has 4 aromatic rings. The van der Waals surface area contributed by atoms with E-state index in [-0.39, 0.29) is 0 Å². The Bertz CT molecular complexity index is 1380. The van der Waals surface area contributed by atoms with Gasteiger partial charge in [-0.2, -0.15) is 5.10 Å². The number of rotatable bonds is 5. The van der Waals surface area contributed by atoms with E-state index < -0.39 is 5.97 Å². The number of esters is 1. The third kappa shape index (κ3) is 5.06. The van der Waals surface area contributed by atoms with Gasteiger partial charge in [0.15, 0.2) is 5.11 Å². The Morgan fingerprint density at radius 1 is 1.21 bits per heavy atom. The highest BCUT2D eigenvalue weighted by atomic mass is 79.9. The molecular weight excluding hydrogens is 544 g/mol. The van der Waals surface area contributed by atoms with Crippen LogP contribution in [0.25, 0.3) is 10.1 Å². The molecule has 0 aliphatic rings. The maximum atomic E-state index is 11.9. The number of fused-ring (bicyclic) bond motifs is 1. The van der Waals surface area contributed by atoms with Crippen LogP contribution >= 0.6 is 51.1 Å². The molecule has 0 saturated heterocycles. The Balaban J connectivity index is 1.46. The van der Waals surface area contributed by atoms with E-state index in [0.29, 0.717) is 21.6 Å². The lowest BCUT2D eigenvalue weighted by Gasteiger charge is -2.12. The summed E-state index contributed by atoms with van der Waals surface area (Å²) in [5, 5.41) is 12.6. The van der Waals surface area contributed by atoms with Crippen molar-refractivity contribution in [2.75, 3.05) is 17.7 Å². The molecule has 0 bridgehead atoms. The number of aryl methyl sites for hydroxylation is 1. The van der Waals surface area contributed by atoms with Crippen molar-refractivity contribution < 1.29 is 9.53 Å². The number of hydrogen-bond donors (Lipinski definition) is 2. The van der Waals surface area contributed by atoms with Gasteiger partial charge in [0.2, 0.25) is 0 Å². The molecule has 0 radical (unpaired) electrons. The van der Waals surface area contributed by atoms with Crippen molar-refractivity contribution in [1.29, 1.82) is 0 Å². The zero-order valence-corrected chi connectivity index (χ0v) is 22.0. The number of ether oxygens (including phenoxy) is 1. The molecule has 2 aromatic carbocycles. The summed E-state index contributed by atoms with van der Waals surface area (Å²) in [5.74, 6) is -0.444. The molecule has 0 aliphatic carbocycles. The van der Waals surface area contributed by atoms with E-state index in [1.165, 1.54) is 18.4 Å². The Hall–Kier alpha value is -2.46. The van der Waals surface area contributed by atoms with Crippen LogP contribution in [-0.2, 0) is 11.3 Å². The second-order valence-electron chi connectivity index (χ2n) is 7.37. The molecule has 0 atom stereocenters. The van der Waals surface area contributed by atoms with Gasteiger partial charge >= 0.3 is 5.97 Å². The zero-order valence-electron chi connectivity index (χ0n) is 18.0. The molecule has 2 aromatic heterocycles. The molecule has 2 N–H and O–H groups in total. The number of aromatic nitrogens is 2. The minimum Gasteiger partial charge on any atom is -0.465 e. The number of halogens is 2. The van der Waals surface area contributed by atoms with Crippen molar-refractivity contribution in [3.63, 3.8) is 0 Å². The molecule has 6 nitrogen and oxygen atoms in total. The van der Waals surface area contributed by atoms with Crippen molar-refractivity contribution in [2.24, 2.45) is 0 Å². The highest BCUT2D eigenvalue weighted by molar-refractivity contribution is 9.10. The third-order valence-electron chi connectivity index (χ3n) is 5.07. The molecular formula is C23H20BrClN4O2S2. The summed E-state index contributed by atoms with van der Waals surface area (Å²) in [7, 11) is 1.34. The van der Waals surface area contributed by atoms with Crippen LogP contribution in [0.4, 0.5) is 11.4 Å². The van der Waals surface area contributed by atoms with Gasteiger partial charge in [-0.1, -0.05) is 23.7 Å². The SMILES string of the molecule is COC(=O)c1sc2cc(NC(=S)Nc3cccc(Cn4nc(C)c(Br)c4C)c3)ccc2c1Cl. The second-order valence-corrected chi connectivity index (χ2v) is 10.0. The van der Waals surface area contributed by atoms with Crippen molar-refractivity contribution >= 4 is 83.6 Å². The Morgan fingerprint density at radius 2 is 1.94 bits per heavy atom. The van der Waals surface area contributed by atoms with E-state index >= 15 is 0 Å². The van der Waals surface area contributed by atoms with Gasteiger partial charge in [0.05, 0.1) is 34.5 Å². The van der Waals surface area contributed by atoms with Gasteiger partial charge in [0.25, 0.3) is 0 Å². The number of thiocarbonyl (C=S) groups is 1. The highest BCUT2D eigenvalue weighted by Crippen LogP contribution is 2.37. The first-order chi connectivity index (χ1) is 15.8. The van der Waals surface area contributed by atoms with Gasteiger partial charge in [-0.3, -0.25) is 4.68 Å². The molecule has 0 aliphatic heterocycles. The maximum Gasteiger partial charge on any atom is 0.349 e. The highest BCUT2D eigenvalue weighted by Gasteiger charge is 2.18. The van der Waals surface area contributed by atoms with Crippen LogP contribution in [0, 0.1) is 13.8 Å². The largest absolute Gasteiger partial charge is 0.465 e.